The lowest BCUT2D eigenvalue weighted by Gasteiger charge is -2.19. The van der Waals surface area contributed by atoms with Gasteiger partial charge in [0.2, 0.25) is 5.91 Å². The van der Waals surface area contributed by atoms with Crippen LogP contribution in [0.5, 0.6) is 5.75 Å². The molecule has 0 aliphatic rings. The smallest absolute Gasteiger partial charge is 0.255 e. The molecule has 0 radical (unpaired) electrons. The number of thioether (sulfide) groups is 1. The summed E-state index contributed by atoms with van der Waals surface area (Å²) >= 11 is 1.64. The van der Waals surface area contributed by atoms with Crippen LogP contribution in [-0.4, -0.2) is 53.5 Å². The molecule has 3 rings (SSSR count). The molecule has 31 heavy (non-hydrogen) atoms. The minimum Gasteiger partial charge on any atom is -0.496 e. The molecule has 1 heterocycles. The van der Waals surface area contributed by atoms with Crippen LogP contribution in [-0.2, 0) is 11.2 Å². The third-order valence-corrected chi connectivity index (χ3v) is 5.56. The Morgan fingerprint density at radius 3 is 2.71 bits per heavy atom. The van der Waals surface area contributed by atoms with Crippen LogP contribution in [0.4, 0.5) is 0 Å². The number of methoxy groups -OCH3 is 1. The number of benzene rings is 2. The lowest BCUT2D eigenvalue weighted by Crippen LogP contribution is -2.47. The van der Waals surface area contributed by atoms with Gasteiger partial charge in [0, 0.05) is 13.0 Å². The number of hydrogen-bond acceptors (Lipinski definition) is 5. The highest BCUT2D eigenvalue weighted by molar-refractivity contribution is 7.98. The third-order valence-electron chi connectivity index (χ3n) is 4.91. The lowest BCUT2D eigenvalue weighted by atomic mass is 10.1. The second-order valence-electron chi connectivity index (χ2n) is 7.10. The Morgan fingerprint density at radius 1 is 1.16 bits per heavy atom. The molecule has 1 atom stereocenters. The molecule has 2 aromatic carbocycles. The van der Waals surface area contributed by atoms with Crippen LogP contribution in [0.3, 0.4) is 0 Å². The van der Waals surface area contributed by atoms with Gasteiger partial charge in [0.05, 0.1) is 23.7 Å². The van der Waals surface area contributed by atoms with E-state index in [1.807, 2.05) is 30.5 Å². The largest absolute Gasteiger partial charge is 0.496 e. The average Bonchev–Trinajstić information content (AvgIpc) is 3.22. The van der Waals surface area contributed by atoms with Crippen molar-refractivity contribution in [1.29, 1.82) is 0 Å². The van der Waals surface area contributed by atoms with Crippen molar-refractivity contribution in [2.24, 2.45) is 0 Å². The summed E-state index contributed by atoms with van der Waals surface area (Å²) in [6.45, 7) is 0.510. The number of nitrogens with zero attached hydrogens (tertiary/aromatic N) is 1. The molecule has 3 N–H and O–H groups in total. The van der Waals surface area contributed by atoms with Crippen molar-refractivity contribution in [3.8, 4) is 5.75 Å². The first-order chi connectivity index (χ1) is 15.1. The average molecular weight is 441 g/mol. The van der Waals surface area contributed by atoms with E-state index in [0.29, 0.717) is 24.3 Å². The molecule has 3 aromatic rings. The summed E-state index contributed by atoms with van der Waals surface area (Å²) in [5, 5.41) is 5.80. The van der Waals surface area contributed by atoms with Gasteiger partial charge in [-0.15, -0.1) is 0 Å². The van der Waals surface area contributed by atoms with Gasteiger partial charge >= 0.3 is 0 Å². The molecule has 164 valence electrons. The van der Waals surface area contributed by atoms with Crippen LogP contribution in [0.2, 0.25) is 0 Å². The van der Waals surface area contributed by atoms with Gasteiger partial charge in [-0.3, -0.25) is 9.59 Å². The molecule has 0 saturated heterocycles. The van der Waals surface area contributed by atoms with Crippen LogP contribution in [0.25, 0.3) is 11.0 Å². The van der Waals surface area contributed by atoms with Gasteiger partial charge in [0.15, 0.2) is 0 Å². The molecule has 0 aliphatic carbocycles. The first-order valence-corrected chi connectivity index (χ1v) is 11.7. The number of nitrogens with one attached hydrogen (secondary N) is 3. The van der Waals surface area contributed by atoms with E-state index in [9.17, 15) is 9.59 Å². The van der Waals surface area contributed by atoms with Gasteiger partial charge in [-0.05, 0) is 49.1 Å². The molecule has 2 amide bonds. The minimum absolute atomic E-state index is 0.179. The van der Waals surface area contributed by atoms with E-state index < -0.39 is 6.04 Å². The van der Waals surface area contributed by atoms with Crippen LogP contribution < -0.4 is 15.4 Å². The van der Waals surface area contributed by atoms with Crippen molar-refractivity contribution >= 4 is 34.6 Å². The number of aromatic nitrogens is 2. The van der Waals surface area contributed by atoms with Crippen molar-refractivity contribution < 1.29 is 14.3 Å². The summed E-state index contributed by atoms with van der Waals surface area (Å²) in [6, 6.07) is 14.3. The number of amides is 2. The van der Waals surface area contributed by atoms with Crippen molar-refractivity contribution in [2.45, 2.75) is 25.3 Å². The number of aromatic amines is 1. The van der Waals surface area contributed by atoms with E-state index in [0.717, 1.165) is 35.5 Å². The molecule has 0 saturated carbocycles. The standard InChI is InChI=1S/C23H28N4O3S/c1-30-20-11-6-3-8-16(20)22(28)27-19(13-15-31-2)23(29)24-14-7-12-21-25-17-9-4-5-10-18(17)26-21/h3-6,8-11,19H,7,12-15H2,1-2H3,(H,24,29)(H,25,26)(H,27,28). The normalized spacial score (nSPS) is 11.8. The zero-order chi connectivity index (χ0) is 22.1. The van der Waals surface area contributed by atoms with Crippen molar-refractivity contribution in [3.05, 3.63) is 59.9 Å². The predicted molar refractivity (Wildman–Crippen MR) is 125 cm³/mol. The summed E-state index contributed by atoms with van der Waals surface area (Å²) in [7, 11) is 1.52. The number of H-pyrrole nitrogens is 1. The van der Waals surface area contributed by atoms with E-state index in [1.165, 1.54) is 7.11 Å². The Kier molecular flexibility index (Phi) is 8.35. The molecule has 0 spiro atoms. The SMILES string of the molecule is COc1ccccc1C(=O)NC(CCSC)C(=O)NCCCc1nc2ccccc2[nH]1. The van der Waals surface area contributed by atoms with Crippen molar-refractivity contribution in [3.63, 3.8) is 0 Å². The van der Waals surface area contributed by atoms with Crippen molar-refractivity contribution in [1.82, 2.24) is 20.6 Å². The van der Waals surface area contributed by atoms with Crippen molar-refractivity contribution in [2.75, 3.05) is 25.7 Å². The molecule has 1 unspecified atom stereocenters. The monoisotopic (exact) mass is 440 g/mol. The third kappa shape index (κ3) is 6.24. The molecule has 0 bridgehead atoms. The highest BCUT2D eigenvalue weighted by Crippen LogP contribution is 2.17. The number of hydrogen-bond donors (Lipinski definition) is 3. The summed E-state index contributed by atoms with van der Waals surface area (Å²) < 4.78 is 5.26. The first-order valence-electron chi connectivity index (χ1n) is 10.3. The summed E-state index contributed by atoms with van der Waals surface area (Å²) in [5.74, 6) is 1.65. The van der Waals surface area contributed by atoms with Crippen LogP contribution >= 0.6 is 11.8 Å². The fourth-order valence-electron chi connectivity index (χ4n) is 3.29. The van der Waals surface area contributed by atoms with Crippen LogP contribution in [0.15, 0.2) is 48.5 Å². The summed E-state index contributed by atoms with van der Waals surface area (Å²) in [6.07, 6.45) is 4.01. The highest BCUT2D eigenvalue weighted by Gasteiger charge is 2.22. The van der Waals surface area contributed by atoms with Gasteiger partial charge in [-0.2, -0.15) is 11.8 Å². The molecule has 0 fully saturated rings. The topological polar surface area (TPSA) is 96.1 Å². The molecular formula is C23H28N4O3S. The van der Waals surface area contributed by atoms with Gasteiger partial charge in [0.1, 0.15) is 17.6 Å². The Balaban J connectivity index is 1.53. The van der Waals surface area contributed by atoms with E-state index in [1.54, 1.807) is 36.0 Å². The van der Waals surface area contributed by atoms with Crippen LogP contribution in [0, 0.1) is 0 Å². The zero-order valence-corrected chi connectivity index (χ0v) is 18.6. The minimum atomic E-state index is -0.601. The summed E-state index contributed by atoms with van der Waals surface area (Å²) in [4.78, 5) is 33.3. The van der Waals surface area contributed by atoms with E-state index in [2.05, 4.69) is 20.6 Å². The molecule has 1 aromatic heterocycles. The fraction of sp³-hybridized carbons (Fsp3) is 0.348. The fourth-order valence-corrected chi connectivity index (χ4v) is 3.76. The number of aryl methyl sites for hydroxylation is 1. The molecule has 8 heteroatoms. The molecular weight excluding hydrogens is 412 g/mol. The van der Waals surface area contributed by atoms with Gasteiger partial charge in [-0.1, -0.05) is 24.3 Å². The van der Waals surface area contributed by atoms with Gasteiger partial charge in [0.25, 0.3) is 5.91 Å². The second kappa shape index (κ2) is 11.4. The maximum Gasteiger partial charge on any atom is 0.255 e. The maximum atomic E-state index is 12.7. The summed E-state index contributed by atoms with van der Waals surface area (Å²) in [5.41, 5.74) is 2.37. The number of para-hydroxylation sites is 3. The second-order valence-corrected chi connectivity index (χ2v) is 8.09. The number of imidazole rings is 1. The Bertz CT molecular complexity index is 988. The van der Waals surface area contributed by atoms with Gasteiger partial charge in [-0.25, -0.2) is 4.98 Å². The van der Waals surface area contributed by atoms with Gasteiger partial charge < -0.3 is 20.4 Å². The molecule has 7 nitrogen and oxygen atoms in total. The van der Waals surface area contributed by atoms with Crippen LogP contribution in [0.1, 0.15) is 29.0 Å². The number of fused-ring (bicyclic) bond motifs is 1. The van der Waals surface area contributed by atoms with E-state index >= 15 is 0 Å². The highest BCUT2D eigenvalue weighted by atomic mass is 32.2. The number of ether oxygens (including phenoxy) is 1. The predicted octanol–water partition coefficient (Wildman–Crippen LogP) is 3.17. The lowest BCUT2D eigenvalue weighted by molar-refractivity contribution is -0.123. The number of rotatable bonds is 11. The Labute approximate surface area is 186 Å². The zero-order valence-electron chi connectivity index (χ0n) is 17.8. The van der Waals surface area contributed by atoms with E-state index in [-0.39, 0.29) is 11.8 Å². The van der Waals surface area contributed by atoms with E-state index in [4.69, 9.17) is 4.74 Å². The first kappa shape index (κ1) is 22.7. The Hall–Kier alpha value is -3.00. The Morgan fingerprint density at radius 2 is 1.94 bits per heavy atom. The molecule has 0 aliphatic heterocycles. The maximum absolute atomic E-state index is 12.7. The number of carbonyl (C=O) groups excluding carboxylic acids is 2. The number of carbonyl (C=O) groups is 2. The quantitative estimate of drug-likeness (QED) is 0.398.